The molecule has 1 aromatic heterocycles. The molecule has 0 radical (unpaired) electrons. The molecule has 2 aromatic carbocycles. The molecule has 3 aromatic rings. The highest BCUT2D eigenvalue weighted by Crippen LogP contribution is 2.41. The number of hydrogen-bond donors (Lipinski definition) is 1. The maximum Gasteiger partial charge on any atom is 0.252 e. The zero-order valence-corrected chi connectivity index (χ0v) is 14.5. The van der Waals surface area contributed by atoms with Gasteiger partial charge in [0.2, 0.25) is 0 Å². The third kappa shape index (κ3) is 2.78. The number of aromatic nitrogens is 2. The largest absolute Gasteiger partial charge is 0.343 e. The fraction of sp³-hybridized carbons (Fsp3) is 0.286. The number of amides is 1. The normalized spacial score (nSPS) is 15.6. The molecule has 4 heteroatoms. The van der Waals surface area contributed by atoms with E-state index in [2.05, 4.69) is 27.4 Å². The maximum atomic E-state index is 12.9. The SMILES string of the molecule is Cc1nc2ccc(C(=O)NC3(c4ccccc4)CCC3)cc2nc1C. The molecule has 126 valence electrons. The van der Waals surface area contributed by atoms with Gasteiger partial charge < -0.3 is 5.32 Å². The first-order chi connectivity index (χ1) is 12.1. The van der Waals surface area contributed by atoms with Crippen LogP contribution in [0.1, 0.15) is 46.6 Å². The highest BCUT2D eigenvalue weighted by molar-refractivity contribution is 5.97. The van der Waals surface area contributed by atoms with Gasteiger partial charge in [-0.2, -0.15) is 0 Å². The van der Waals surface area contributed by atoms with Crippen molar-refractivity contribution in [2.45, 2.75) is 38.6 Å². The van der Waals surface area contributed by atoms with Gasteiger partial charge in [0.15, 0.2) is 0 Å². The number of carbonyl (C=O) groups excluding carboxylic acids is 1. The Kier molecular flexibility index (Phi) is 3.75. The third-order valence-electron chi connectivity index (χ3n) is 5.22. The lowest BCUT2D eigenvalue weighted by Crippen LogP contribution is -2.50. The van der Waals surface area contributed by atoms with Gasteiger partial charge in [0.05, 0.1) is 28.0 Å². The van der Waals surface area contributed by atoms with Gasteiger partial charge in [-0.1, -0.05) is 30.3 Å². The molecule has 0 aliphatic heterocycles. The summed E-state index contributed by atoms with van der Waals surface area (Å²) in [5.41, 5.74) is 4.97. The first-order valence-electron chi connectivity index (χ1n) is 8.70. The molecule has 1 fully saturated rings. The summed E-state index contributed by atoms with van der Waals surface area (Å²) in [6.45, 7) is 3.88. The van der Waals surface area contributed by atoms with Crippen LogP contribution in [0, 0.1) is 13.8 Å². The van der Waals surface area contributed by atoms with Crippen molar-refractivity contribution in [3.05, 3.63) is 71.0 Å². The van der Waals surface area contributed by atoms with Crippen molar-refractivity contribution >= 4 is 16.9 Å². The van der Waals surface area contributed by atoms with Crippen LogP contribution in [0.2, 0.25) is 0 Å². The molecule has 0 atom stereocenters. The van der Waals surface area contributed by atoms with Crippen molar-refractivity contribution < 1.29 is 4.79 Å². The molecule has 1 N–H and O–H groups in total. The van der Waals surface area contributed by atoms with Crippen molar-refractivity contribution in [1.29, 1.82) is 0 Å². The average molecular weight is 331 g/mol. The van der Waals surface area contributed by atoms with Crippen molar-refractivity contribution in [2.24, 2.45) is 0 Å². The first kappa shape index (κ1) is 15.8. The van der Waals surface area contributed by atoms with Crippen LogP contribution in [0.25, 0.3) is 11.0 Å². The van der Waals surface area contributed by atoms with Crippen LogP contribution < -0.4 is 5.32 Å². The quantitative estimate of drug-likeness (QED) is 0.787. The highest BCUT2D eigenvalue weighted by atomic mass is 16.1. The summed E-state index contributed by atoms with van der Waals surface area (Å²) in [6, 6.07) is 15.8. The number of carbonyl (C=O) groups is 1. The van der Waals surface area contributed by atoms with E-state index in [9.17, 15) is 4.79 Å². The van der Waals surface area contributed by atoms with E-state index >= 15 is 0 Å². The summed E-state index contributed by atoms with van der Waals surface area (Å²) in [5, 5.41) is 3.27. The number of nitrogens with zero attached hydrogens (tertiary/aromatic N) is 2. The predicted octanol–water partition coefficient (Wildman–Crippen LogP) is 4.06. The van der Waals surface area contributed by atoms with Gasteiger partial charge in [-0.15, -0.1) is 0 Å². The Morgan fingerprint density at radius 2 is 1.64 bits per heavy atom. The summed E-state index contributed by atoms with van der Waals surface area (Å²) in [7, 11) is 0. The minimum absolute atomic E-state index is 0.0505. The van der Waals surface area contributed by atoms with E-state index in [1.165, 1.54) is 5.56 Å². The highest BCUT2D eigenvalue weighted by Gasteiger charge is 2.40. The summed E-state index contributed by atoms with van der Waals surface area (Å²) >= 11 is 0. The summed E-state index contributed by atoms with van der Waals surface area (Å²) < 4.78 is 0. The second kappa shape index (κ2) is 5.96. The van der Waals surface area contributed by atoms with Crippen LogP contribution >= 0.6 is 0 Å². The number of rotatable bonds is 3. The van der Waals surface area contributed by atoms with Crippen molar-refractivity contribution in [1.82, 2.24) is 15.3 Å². The van der Waals surface area contributed by atoms with Crippen LogP contribution in [0.15, 0.2) is 48.5 Å². The molecule has 25 heavy (non-hydrogen) atoms. The Labute approximate surface area is 147 Å². The Morgan fingerprint density at radius 1 is 0.960 bits per heavy atom. The monoisotopic (exact) mass is 331 g/mol. The standard InChI is InChI=1S/C21H21N3O/c1-14-15(2)23-19-13-16(9-10-18(19)22-14)20(25)24-21(11-6-12-21)17-7-4-3-5-8-17/h3-5,7-10,13H,6,11-12H2,1-2H3,(H,24,25). The van der Waals surface area contributed by atoms with E-state index in [1.54, 1.807) is 0 Å². The number of nitrogens with one attached hydrogen (secondary N) is 1. The van der Waals surface area contributed by atoms with Crippen LogP contribution in [0.3, 0.4) is 0 Å². The molecular weight excluding hydrogens is 310 g/mol. The van der Waals surface area contributed by atoms with E-state index in [0.29, 0.717) is 5.56 Å². The van der Waals surface area contributed by atoms with Gasteiger partial charge in [-0.3, -0.25) is 4.79 Å². The molecule has 4 nitrogen and oxygen atoms in total. The number of aryl methyl sites for hydroxylation is 2. The Hall–Kier alpha value is -2.75. The Bertz CT molecular complexity index is 946. The van der Waals surface area contributed by atoms with E-state index in [1.807, 2.05) is 50.2 Å². The van der Waals surface area contributed by atoms with Crippen molar-refractivity contribution in [3.8, 4) is 0 Å². The van der Waals surface area contributed by atoms with Gasteiger partial charge in [-0.05, 0) is 56.9 Å². The Morgan fingerprint density at radius 3 is 2.28 bits per heavy atom. The lowest BCUT2D eigenvalue weighted by Gasteiger charge is -2.43. The number of hydrogen-bond acceptors (Lipinski definition) is 3. The van der Waals surface area contributed by atoms with Crippen molar-refractivity contribution in [3.63, 3.8) is 0 Å². The van der Waals surface area contributed by atoms with E-state index in [4.69, 9.17) is 0 Å². The summed E-state index contributed by atoms with van der Waals surface area (Å²) in [5.74, 6) is -0.0505. The number of benzene rings is 2. The number of fused-ring (bicyclic) bond motifs is 1. The molecule has 1 amide bonds. The lowest BCUT2D eigenvalue weighted by molar-refractivity contribution is 0.0823. The predicted molar refractivity (Wildman–Crippen MR) is 98.4 cm³/mol. The molecular formula is C21H21N3O. The minimum atomic E-state index is -0.234. The molecule has 1 saturated carbocycles. The molecule has 0 spiro atoms. The first-order valence-corrected chi connectivity index (χ1v) is 8.70. The lowest BCUT2D eigenvalue weighted by atomic mass is 9.71. The molecule has 1 aliphatic carbocycles. The van der Waals surface area contributed by atoms with Crippen LogP contribution in [0.5, 0.6) is 0 Å². The van der Waals surface area contributed by atoms with Crippen LogP contribution in [0.4, 0.5) is 0 Å². The smallest absolute Gasteiger partial charge is 0.252 e. The van der Waals surface area contributed by atoms with E-state index < -0.39 is 0 Å². The zero-order chi connectivity index (χ0) is 17.4. The molecule has 4 rings (SSSR count). The molecule has 1 aliphatic rings. The maximum absolute atomic E-state index is 12.9. The summed E-state index contributed by atoms with van der Waals surface area (Å²) in [4.78, 5) is 22.0. The van der Waals surface area contributed by atoms with Crippen LogP contribution in [-0.2, 0) is 5.54 Å². The van der Waals surface area contributed by atoms with Crippen molar-refractivity contribution in [2.75, 3.05) is 0 Å². The minimum Gasteiger partial charge on any atom is -0.343 e. The van der Waals surface area contributed by atoms with Gasteiger partial charge in [0.1, 0.15) is 0 Å². The molecule has 1 heterocycles. The zero-order valence-electron chi connectivity index (χ0n) is 14.5. The second-order valence-corrected chi connectivity index (χ2v) is 6.85. The molecule has 0 saturated heterocycles. The third-order valence-corrected chi connectivity index (χ3v) is 5.22. The Balaban J connectivity index is 1.64. The topological polar surface area (TPSA) is 54.9 Å². The van der Waals surface area contributed by atoms with Gasteiger partial charge in [0.25, 0.3) is 5.91 Å². The van der Waals surface area contributed by atoms with Gasteiger partial charge in [0, 0.05) is 5.56 Å². The average Bonchev–Trinajstić information content (AvgIpc) is 2.59. The van der Waals surface area contributed by atoms with Crippen LogP contribution in [-0.4, -0.2) is 15.9 Å². The van der Waals surface area contributed by atoms with Gasteiger partial charge in [-0.25, -0.2) is 9.97 Å². The van der Waals surface area contributed by atoms with Gasteiger partial charge >= 0.3 is 0 Å². The fourth-order valence-corrected chi connectivity index (χ4v) is 3.43. The fourth-order valence-electron chi connectivity index (χ4n) is 3.43. The molecule has 0 unspecified atom stereocenters. The second-order valence-electron chi connectivity index (χ2n) is 6.85. The van der Waals surface area contributed by atoms with E-state index in [-0.39, 0.29) is 11.4 Å². The van der Waals surface area contributed by atoms with E-state index in [0.717, 1.165) is 41.7 Å². The molecule has 0 bridgehead atoms. The summed E-state index contributed by atoms with van der Waals surface area (Å²) in [6.07, 6.45) is 3.10.